The van der Waals surface area contributed by atoms with Crippen molar-refractivity contribution in [1.82, 2.24) is 5.32 Å². The first-order valence-electron chi connectivity index (χ1n) is 3.93. The number of carbonyl (C=O) groups is 2. The number of fused-ring (bicyclic) bond motifs is 1. The molecule has 0 spiro atoms. The van der Waals surface area contributed by atoms with E-state index in [1.807, 2.05) is 0 Å². The molecule has 70 valence electrons. The smallest absolute Gasteiger partial charge is 0.258 e. The van der Waals surface area contributed by atoms with Crippen molar-refractivity contribution >= 4 is 17.6 Å². The summed E-state index contributed by atoms with van der Waals surface area (Å²) < 4.78 is 0. The Kier molecular flexibility index (Phi) is 1.60. The molecule has 1 aromatic rings. The fourth-order valence-electron chi connectivity index (χ4n) is 1.34. The Hall–Kier alpha value is -2.17. The van der Waals surface area contributed by atoms with Crippen LogP contribution in [0, 0.1) is 5.41 Å². The van der Waals surface area contributed by atoms with E-state index in [9.17, 15) is 9.59 Å². The Labute approximate surface area is 79.4 Å². The third-order valence-corrected chi connectivity index (χ3v) is 2.05. The number of hydrogen-bond acceptors (Lipinski definition) is 3. The molecule has 5 nitrogen and oxygen atoms in total. The van der Waals surface area contributed by atoms with Gasteiger partial charge in [0.05, 0.1) is 11.1 Å². The summed E-state index contributed by atoms with van der Waals surface area (Å²) in [5, 5.41) is 9.33. The fraction of sp³-hybridized carbons (Fsp3) is 0. The summed E-state index contributed by atoms with van der Waals surface area (Å²) in [6.07, 6.45) is 0. The van der Waals surface area contributed by atoms with Crippen LogP contribution in [0.25, 0.3) is 0 Å². The van der Waals surface area contributed by atoms with Gasteiger partial charge in [-0.05, 0) is 12.1 Å². The topological polar surface area (TPSA) is 96.0 Å². The average molecular weight is 189 g/mol. The molecule has 1 aromatic carbocycles. The van der Waals surface area contributed by atoms with E-state index in [0.29, 0.717) is 11.1 Å². The quantitative estimate of drug-likeness (QED) is 0.325. The molecule has 1 heterocycles. The number of imide groups is 1. The minimum atomic E-state index is -0.437. The molecule has 0 atom stereocenters. The minimum Gasteiger partial charge on any atom is -0.384 e. The Balaban J connectivity index is 2.61. The van der Waals surface area contributed by atoms with Crippen LogP contribution in [0.3, 0.4) is 0 Å². The number of hydrogen-bond donors (Lipinski definition) is 3. The lowest BCUT2D eigenvalue weighted by molar-refractivity contribution is 0.0879. The summed E-state index contributed by atoms with van der Waals surface area (Å²) in [4.78, 5) is 22.3. The van der Waals surface area contributed by atoms with Crippen LogP contribution in [0.2, 0.25) is 0 Å². The zero-order chi connectivity index (χ0) is 10.3. The molecule has 5 heteroatoms. The normalized spacial score (nSPS) is 13.7. The lowest BCUT2D eigenvalue weighted by Gasteiger charge is -1.99. The van der Waals surface area contributed by atoms with E-state index in [1.165, 1.54) is 12.1 Å². The van der Waals surface area contributed by atoms with Gasteiger partial charge < -0.3 is 5.73 Å². The van der Waals surface area contributed by atoms with Crippen LogP contribution in [-0.4, -0.2) is 17.6 Å². The molecular weight excluding hydrogens is 182 g/mol. The average Bonchev–Trinajstić information content (AvgIpc) is 2.42. The van der Waals surface area contributed by atoms with Crippen molar-refractivity contribution < 1.29 is 9.59 Å². The van der Waals surface area contributed by atoms with Gasteiger partial charge in [-0.15, -0.1) is 0 Å². The molecular formula is C9H7N3O2. The SMILES string of the molecule is N=C(N)c1ccc2c(c1)C(=O)NC2=O. The number of amidine groups is 1. The molecule has 0 saturated carbocycles. The van der Waals surface area contributed by atoms with Crippen molar-refractivity contribution in [3.05, 3.63) is 34.9 Å². The number of amides is 2. The largest absolute Gasteiger partial charge is 0.384 e. The van der Waals surface area contributed by atoms with Gasteiger partial charge in [0.2, 0.25) is 0 Å². The summed E-state index contributed by atoms with van der Waals surface area (Å²) in [7, 11) is 0. The monoisotopic (exact) mass is 189 g/mol. The number of nitrogen functional groups attached to an aromatic ring is 1. The van der Waals surface area contributed by atoms with Crippen molar-refractivity contribution in [3.63, 3.8) is 0 Å². The Morgan fingerprint density at radius 1 is 1.21 bits per heavy atom. The van der Waals surface area contributed by atoms with Gasteiger partial charge in [-0.25, -0.2) is 0 Å². The third-order valence-electron chi connectivity index (χ3n) is 2.05. The minimum absolute atomic E-state index is 0.125. The standard InChI is InChI=1S/C9H7N3O2/c10-7(11)4-1-2-5-6(3-4)9(14)12-8(5)13/h1-3H,(H3,10,11)(H,12,13,14). The summed E-state index contributed by atoms with van der Waals surface area (Å²) in [6, 6.07) is 4.48. The van der Waals surface area contributed by atoms with Crippen LogP contribution in [0.5, 0.6) is 0 Å². The van der Waals surface area contributed by atoms with Gasteiger partial charge in [0.1, 0.15) is 5.84 Å². The first kappa shape index (κ1) is 8.43. The molecule has 4 N–H and O–H groups in total. The number of carbonyl (C=O) groups excluding carboxylic acids is 2. The zero-order valence-corrected chi connectivity index (χ0v) is 7.13. The molecule has 0 saturated heterocycles. The van der Waals surface area contributed by atoms with E-state index in [4.69, 9.17) is 11.1 Å². The molecule has 0 radical (unpaired) electrons. The van der Waals surface area contributed by atoms with Gasteiger partial charge >= 0.3 is 0 Å². The van der Waals surface area contributed by atoms with E-state index < -0.39 is 11.8 Å². The van der Waals surface area contributed by atoms with E-state index in [0.717, 1.165) is 0 Å². The lowest BCUT2D eigenvalue weighted by atomic mass is 10.1. The van der Waals surface area contributed by atoms with Gasteiger partial charge in [0, 0.05) is 5.56 Å². The van der Waals surface area contributed by atoms with Gasteiger partial charge in [0.15, 0.2) is 0 Å². The Morgan fingerprint density at radius 2 is 1.86 bits per heavy atom. The van der Waals surface area contributed by atoms with Crippen molar-refractivity contribution in [1.29, 1.82) is 5.41 Å². The van der Waals surface area contributed by atoms with Crippen LogP contribution in [0.15, 0.2) is 18.2 Å². The highest BCUT2D eigenvalue weighted by molar-refractivity contribution is 6.22. The zero-order valence-electron chi connectivity index (χ0n) is 7.13. The van der Waals surface area contributed by atoms with Crippen LogP contribution < -0.4 is 11.1 Å². The van der Waals surface area contributed by atoms with Gasteiger partial charge in [-0.1, -0.05) is 6.07 Å². The molecule has 0 unspecified atom stereocenters. The van der Waals surface area contributed by atoms with Crippen molar-refractivity contribution in [2.24, 2.45) is 5.73 Å². The first-order valence-corrected chi connectivity index (χ1v) is 3.93. The predicted octanol–water partition coefficient (Wildman–Crippen LogP) is -0.146. The van der Waals surface area contributed by atoms with Crippen molar-refractivity contribution in [2.45, 2.75) is 0 Å². The number of rotatable bonds is 1. The van der Waals surface area contributed by atoms with Crippen molar-refractivity contribution in [2.75, 3.05) is 0 Å². The molecule has 2 rings (SSSR count). The highest BCUT2D eigenvalue weighted by Crippen LogP contribution is 2.16. The fourth-order valence-corrected chi connectivity index (χ4v) is 1.34. The number of benzene rings is 1. The Bertz CT molecular complexity index is 465. The molecule has 2 amide bonds. The maximum atomic E-state index is 11.2. The molecule has 14 heavy (non-hydrogen) atoms. The second-order valence-electron chi connectivity index (χ2n) is 2.96. The van der Waals surface area contributed by atoms with E-state index in [-0.39, 0.29) is 11.4 Å². The second-order valence-corrected chi connectivity index (χ2v) is 2.96. The molecule has 0 aromatic heterocycles. The number of nitrogens with two attached hydrogens (primary N) is 1. The summed E-state index contributed by atoms with van der Waals surface area (Å²) in [5.74, 6) is -0.965. The van der Waals surface area contributed by atoms with Gasteiger partial charge in [0.25, 0.3) is 11.8 Å². The lowest BCUT2D eigenvalue weighted by Crippen LogP contribution is -2.19. The maximum absolute atomic E-state index is 11.2. The summed E-state index contributed by atoms with van der Waals surface area (Å²) >= 11 is 0. The number of nitrogens with one attached hydrogen (secondary N) is 2. The molecule has 1 aliphatic heterocycles. The van der Waals surface area contributed by atoms with Gasteiger partial charge in [-0.3, -0.25) is 20.3 Å². The second kappa shape index (κ2) is 2.66. The molecule has 0 fully saturated rings. The Morgan fingerprint density at radius 3 is 2.50 bits per heavy atom. The van der Waals surface area contributed by atoms with Crippen LogP contribution in [0.4, 0.5) is 0 Å². The molecule has 0 aliphatic carbocycles. The maximum Gasteiger partial charge on any atom is 0.258 e. The van der Waals surface area contributed by atoms with Crippen molar-refractivity contribution in [3.8, 4) is 0 Å². The molecule has 0 bridgehead atoms. The first-order chi connectivity index (χ1) is 6.59. The highest BCUT2D eigenvalue weighted by atomic mass is 16.2. The van der Waals surface area contributed by atoms with E-state index >= 15 is 0 Å². The molecule has 1 aliphatic rings. The van der Waals surface area contributed by atoms with E-state index in [1.54, 1.807) is 6.07 Å². The van der Waals surface area contributed by atoms with Crippen LogP contribution in [-0.2, 0) is 0 Å². The van der Waals surface area contributed by atoms with Gasteiger partial charge in [-0.2, -0.15) is 0 Å². The van der Waals surface area contributed by atoms with Crippen LogP contribution in [0.1, 0.15) is 26.3 Å². The highest BCUT2D eigenvalue weighted by Gasteiger charge is 2.26. The third kappa shape index (κ3) is 1.06. The predicted molar refractivity (Wildman–Crippen MR) is 49.3 cm³/mol. The van der Waals surface area contributed by atoms with E-state index in [2.05, 4.69) is 5.32 Å². The summed E-state index contributed by atoms with van der Waals surface area (Å²) in [5.41, 5.74) is 6.31. The van der Waals surface area contributed by atoms with Crippen LogP contribution >= 0.6 is 0 Å². The summed E-state index contributed by atoms with van der Waals surface area (Å²) in [6.45, 7) is 0.